The van der Waals surface area contributed by atoms with Gasteiger partial charge in [0.1, 0.15) is 0 Å². The van der Waals surface area contributed by atoms with Gasteiger partial charge in [0.2, 0.25) is 5.91 Å². The van der Waals surface area contributed by atoms with Crippen LogP contribution in [0, 0.1) is 14.9 Å². The number of amides is 1. The monoisotopic (exact) mass is 359 g/mol. The molecular weight excluding hydrogens is 337 g/mol. The first-order chi connectivity index (χ1) is 8.26. The zero-order chi connectivity index (χ0) is 13.8. The van der Waals surface area contributed by atoms with E-state index in [4.69, 9.17) is 0 Å². The fraction of sp³-hybridized carbons (Fsp3) is 0.533. The Morgan fingerprint density at radius 2 is 2.06 bits per heavy atom. The second kappa shape index (κ2) is 6.55. The Morgan fingerprint density at radius 3 is 2.61 bits per heavy atom. The molecule has 0 aliphatic heterocycles. The third-order valence-corrected chi connectivity index (χ3v) is 3.27. The van der Waals surface area contributed by atoms with Gasteiger partial charge in [-0.25, -0.2) is 0 Å². The number of anilines is 1. The molecule has 3 heteroatoms. The average Bonchev–Trinajstić information content (AvgIpc) is 2.13. The number of hydrogen-bond acceptors (Lipinski definition) is 1. The van der Waals surface area contributed by atoms with Crippen molar-refractivity contribution in [3.05, 3.63) is 27.8 Å². The molecule has 0 fully saturated rings. The van der Waals surface area contributed by atoms with Crippen LogP contribution in [0.4, 0.5) is 5.69 Å². The van der Waals surface area contributed by atoms with Crippen LogP contribution in [0.3, 0.4) is 0 Å². The summed E-state index contributed by atoms with van der Waals surface area (Å²) in [6.07, 6.45) is 1.65. The lowest BCUT2D eigenvalue weighted by Gasteiger charge is -2.22. The van der Waals surface area contributed by atoms with Crippen LogP contribution >= 0.6 is 22.6 Å². The van der Waals surface area contributed by atoms with Gasteiger partial charge in [-0.1, -0.05) is 33.8 Å². The first-order valence-corrected chi connectivity index (χ1v) is 7.39. The highest BCUT2D eigenvalue weighted by molar-refractivity contribution is 14.1. The summed E-state index contributed by atoms with van der Waals surface area (Å²) in [4.78, 5) is 11.9. The largest absolute Gasteiger partial charge is 0.326 e. The zero-order valence-electron chi connectivity index (χ0n) is 11.6. The van der Waals surface area contributed by atoms with Gasteiger partial charge in [-0.3, -0.25) is 4.79 Å². The lowest BCUT2D eigenvalue weighted by Crippen LogP contribution is -2.18. The molecule has 1 amide bonds. The molecular formula is C15H22INO. The third-order valence-electron chi connectivity index (χ3n) is 2.60. The van der Waals surface area contributed by atoms with Crippen molar-refractivity contribution in [2.45, 2.75) is 40.5 Å². The molecule has 0 saturated carbocycles. The Kier molecular flexibility index (Phi) is 5.63. The predicted octanol–water partition coefficient (Wildman–Crippen LogP) is 4.69. The Labute approximate surface area is 124 Å². The zero-order valence-corrected chi connectivity index (χ0v) is 13.7. The molecule has 0 bridgehead atoms. The molecule has 1 aromatic carbocycles. The molecule has 1 N–H and O–H groups in total. The molecule has 1 unspecified atom stereocenters. The number of hydrogen-bond donors (Lipinski definition) is 1. The summed E-state index contributed by atoms with van der Waals surface area (Å²) >= 11 is 2.24. The summed E-state index contributed by atoms with van der Waals surface area (Å²) in [5, 5.41) is 2.96. The summed E-state index contributed by atoms with van der Waals surface area (Å²) in [7, 11) is 0. The maximum absolute atomic E-state index is 11.9. The summed E-state index contributed by atoms with van der Waals surface area (Å²) in [6, 6.07) is 7.87. The van der Waals surface area contributed by atoms with Crippen molar-refractivity contribution in [3.8, 4) is 0 Å². The van der Waals surface area contributed by atoms with E-state index in [1.807, 2.05) is 24.3 Å². The van der Waals surface area contributed by atoms with Crippen molar-refractivity contribution in [2.24, 2.45) is 11.3 Å². The van der Waals surface area contributed by atoms with Crippen molar-refractivity contribution in [1.29, 1.82) is 0 Å². The van der Waals surface area contributed by atoms with E-state index < -0.39 is 0 Å². The molecule has 0 aliphatic rings. The van der Waals surface area contributed by atoms with Crippen LogP contribution in [0.25, 0.3) is 0 Å². The quantitative estimate of drug-likeness (QED) is 0.777. The molecule has 18 heavy (non-hydrogen) atoms. The smallest absolute Gasteiger partial charge is 0.224 e. The van der Waals surface area contributed by atoms with Gasteiger partial charge in [-0.15, -0.1) is 0 Å². The minimum Gasteiger partial charge on any atom is -0.326 e. The van der Waals surface area contributed by atoms with Gasteiger partial charge < -0.3 is 5.32 Å². The topological polar surface area (TPSA) is 29.1 Å². The summed E-state index contributed by atoms with van der Waals surface area (Å²) in [6.45, 7) is 8.77. The third kappa shape index (κ3) is 6.38. The number of rotatable bonds is 4. The van der Waals surface area contributed by atoms with E-state index in [0.717, 1.165) is 15.7 Å². The molecule has 100 valence electrons. The maximum atomic E-state index is 11.9. The van der Waals surface area contributed by atoms with Crippen molar-refractivity contribution in [1.82, 2.24) is 0 Å². The van der Waals surface area contributed by atoms with Crippen molar-refractivity contribution >= 4 is 34.2 Å². The SMILES string of the molecule is CC(CC(=O)Nc1cccc(I)c1)CC(C)(C)C. The normalized spacial score (nSPS) is 13.2. The van der Waals surface area contributed by atoms with Crippen LogP contribution in [0.1, 0.15) is 40.5 Å². The van der Waals surface area contributed by atoms with Crippen LogP contribution in [-0.2, 0) is 4.79 Å². The first kappa shape index (κ1) is 15.5. The van der Waals surface area contributed by atoms with Gasteiger partial charge in [-0.2, -0.15) is 0 Å². The molecule has 1 atom stereocenters. The highest BCUT2D eigenvalue weighted by Gasteiger charge is 2.17. The van der Waals surface area contributed by atoms with E-state index in [0.29, 0.717) is 12.3 Å². The van der Waals surface area contributed by atoms with Gasteiger partial charge in [0.15, 0.2) is 0 Å². The van der Waals surface area contributed by atoms with Crippen molar-refractivity contribution in [2.75, 3.05) is 5.32 Å². The number of carbonyl (C=O) groups is 1. The predicted molar refractivity (Wildman–Crippen MR) is 85.6 cm³/mol. The molecule has 0 saturated heterocycles. The van der Waals surface area contributed by atoms with Crippen LogP contribution < -0.4 is 5.32 Å². The molecule has 0 spiro atoms. The standard InChI is InChI=1S/C15H22INO/c1-11(10-15(2,3)4)8-14(18)17-13-7-5-6-12(16)9-13/h5-7,9,11H,8,10H2,1-4H3,(H,17,18). The fourth-order valence-corrected chi connectivity index (χ4v) is 2.76. The van der Waals surface area contributed by atoms with Gasteiger partial charge in [-0.05, 0) is 58.5 Å². The van der Waals surface area contributed by atoms with Crippen LogP contribution in [0.5, 0.6) is 0 Å². The lowest BCUT2D eigenvalue weighted by molar-refractivity contribution is -0.117. The van der Waals surface area contributed by atoms with Crippen LogP contribution in [0.2, 0.25) is 0 Å². The molecule has 1 rings (SSSR count). The first-order valence-electron chi connectivity index (χ1n) is 6.32. The molecule has 0 aromatic heterocycles. The highest BCUT2D eigenvalue weighted by atomic mass is 127. The van der Waals surface area contributed by atoms with Gasteiger partial charge in [0.05, 0.1) is 0 Å². The van der Waals surface area contributed by atoms with E-state index in [1.165, 1.54) is 0 Å². The number of halogens is 1. The summed E-state index contributed by atoms with van der Waals surface area (Å²) in [5.41, 5.74) is 1.16. The minimum atomic E-state index is 0.105. The Hall–Kier alpha value is -0.580. The van der Waals surface area contributed by atoms with E-state index in [9.17, 15) is 4.79 Å². The van der Waals surface area contributed by atoms with E-state index in [1.54, 1.807) is 0 Å². The van der Waals surface area contributed by atoms with E-state index >= 15 is 0 Å². The van der Waals surface area contributed by atoms with Crippen LogP contribution in [0.15, 0.2) is 24.3 Å². The number of benzene rings is 1. The summed E-state index contributed by atoms with van der Waals surface area (Å²) in [5.74, 6) is 0.515. The number of nitrogens with one attached hydrogen (secondary N) is 1. The van der Waals surface area contributed by atoms with Gasteiger partial charge in [0.25, 0.3) is 0 Å². The Morgan fingerprint density at radius 1 is 1.39 bits per heavy atom. The molecule has 0 radical (unpaired) electrons. The number of carbonyl (C=O) groups excluding carboxylic acids is 1. The lowest BCUT2D eigenvalue weighted by atomic mass is 9.84. The maximum Gasteiger partial charge on any atom is 0.224 e. The Balaban J connectivity index is 2.47. The second-order valence-electron chi connectivity index (χ2n) is 6.13. The van der Waals surface area contributed by atoms with Gasteiger partial charge in [0, 0.05) is 15.7 Å². The van der Waals surface area contributed by atoms with Gasteiger partial charge >= 0.3 is 0 Å². The van der Waals surface area contributed by atoms with Crippen LogP contribution in [-0.4, -0.2) is 5.91 Å². The molecule has 0 heterocycles. The Bertz CT molecular complexity index is 409. The minimum absolute atomic E-state index is 0.105. The van der Waals surface area contributed by atoms with Crippen molar-refractivity contribution in [3.63, 3.8) is 0 Å². The molecule has 0 aliphatic carbocycles. The van der Waals surface area contributed by atoms with Crippen molar-refractivity contribution < 1.29 is 4.79 Å². The van der Waals surface area contributed by atoms with E-state index in [2.05, 4.69) is 55.6 Å². The highest BCUT2D eigenvalue weighted by Crippen LogP contribution is 2.26. The second-order valence-corrected chi connectivity index (χ2v) is 7.38. The molecule has 2 nitrogen and oxygen atoms in total. The summed E-state index contributed by atoms with van der Waals surface area (Å²) < 4.78 is 1.13. The van der Waals surface area contributed by atoms with E-state index in [-0.39, 0.29) is 11.3 Å². The molecule has 1 aromatic rings. The average molecular weight is 359 g/mol. The fourth-order valence-electron chi connectivity index (χ4n) is 2.21.